The highest BCUT2D eigenvalue weighted by atomic mass is 16.3. The fourth-order valence-corrected chi connectivity index (χ4v) is 6.34. The van der Waals surface area contributed by atoms with Gasteiger partial charge in [0.25, 0.3) is 0 Å². The van der Waals surface area contributed by atoms with Crippen molar-refractivity contribution in [3.05, 3.63) is 158 Å². The number of benzene rings is 8. The molecule has 43 heavy (non-hydrogen) atoms. The van der Waals surface area contributed by atoms with Crippen LogP contribution < -0.4 is 0 Å². The van der Waals surface area contributed by atoms with E-state index in [4.69, 9.17) is 15.4 Å². The largest absolute Gasteiger partial charge is 0.455 e. The van der Waals surface area contributed by atoms with E-state index in [1.54, 1.807) is 0 Å². The molecule has 1 heterocycles. The van der Waals surface area contributed by atoms with E-state index in [2.05, 4.69) is 30.3 Å². The molecule has 0 bridgehead atoms. The van der Waals surface area contributed by atoms with Crippen molar-refractivity contribution < 1.29 is 16.8 Å². The normalized spacial score (nSPS) is 14.7. The number of hydrogen-bond donors (Lipinski definition) is 0. The first-order valence-corrected chi connectivity index (χ1v) is 14.0. The average molecular weight is 556 g/mol. The van der Waals surface area contributed by atoms with Gasteiger partial charge in [-0.3, -0.25) is 0 Å². The van der Waals surface area contributed by atoms with Gasteiger partial charge in [-0.05, 0) is 84.6 Å². The van der Waals surface area contributed by atoms with Gasteiger partial charge in [-0.1, -0.05) is 133 Å². The summed E-state index contributed by atoms with van der Waals surface area (Å²) in [7, 11) is 0. The van der Waals surface area contributed by atoms with E-state index in [-0.39, 0.29) is 28.8 Å². The van der Waals surface area contributed by atoms with E-state index in [0.29, 0.717) is 16.3 Å². The summed E-state index contributed by atoms with van der Waals surface area (Å²) in [6, 6.07) is 29.1. The predicted molar refractivity (Wildman–Crippen MR) is 183 cm³/mol. The molecule has 0 amide bonds. The van der Waals surface area contributed by atoms with Gasteiger partial charge in [0.1, 0.15) is 11.2 Å². The molecule has 9 rings (SSSR count). The van der Waals surface area contributed by atoms with Gasteiger partial charge in [-0.25, -0.2) is 0 Å². The third-order valence-corrected chi connectivity index (χ3v) is 8.21. The van der Waals surface area contributed by atoms with E-state index in [9.17, 15) is 1.37 Å². The molecule has 0 aliphatic rings. The quantitative estimate of drug-likeness (QED) is 0.198. The fourth-order valence-electron chi connectivity index (χ4n) is 6.34. The highest BCUT2D eigenvalue weighted by Crippen LogP contribution is 2.45. The molecular formula is C42H26O. The Morgan fingerprint density at radius 2 is 1.02 bits per heavy atom. The van der Waals surface area contributed by atoms with Gasteiger partial charge in [-0.15, -0.1) is 0 Å². The second-order valence-electron chi connectivity index (χ2n) is 10.6. The highest BCUT2D eigenvalue weighted by molar-refractivity contribution is 6.23. The molecule has 0 saturated heterocycles. The maximum absolute atomic E-state index is 9.49. The zero-order valence-corrected chi connectivity index (χ0v) is 22.7. The molecular weight excluding hydrogens is 520 g/mol. The van der Waals surface area contributed by atoms with Crippen molar-refractivity contribution in [2.24, 2.45) is 0 Å². The Morgan fingerprint density at radius 3 is 1.74 bits per heavy atom. The Balaban J connectivity index is 1.38. The summed E-state index contributed by atoms with van der Waals surface area (Å²) >= 11 is 0. The lowest BCUT2D eigenvalue weighted by atomic mass is 9.85. The second kappa shape index (κ2) is 9.44. The van der Waals surface area contributed by atoms with Crippen LogP contribution in [0.25, 0.3) is 87.6 Å². The number of hydrogen-bond acceptors (Lipinski definition) is 1. The summed E-state index contributed by atoms with van der Waals surface area (Å²) in [5, 5.41) is 7.15. The first-order chi connectivity index (χ1) is 25.1. The summed E-state index contributed by atoms with van der Waals surface area (Å²) in [6.07, 6.45) is 0. The molecule has 0 fully saturated rings. The third kappa shape index (κ3) is 3.72. The maximum atomic E-state index is 9.49. The summed E-state index contributed by atoms with van der Waals surface area (Å²) in [5.41, 5.74) is 3.36. The summed E-state index contributed by atoms with van der Waals surface area (Å²) < 4.78 is 84.6. The zero-order valence-electron chi connectivity index (χ0n) is 31.7. The van der Waals surface area contributed by atoms with Gasteiger partial charge in [0.2, 0.25) is 0 Å². The zero-order chi connectivity index (χ0) is 36.2. The topological polar surface area (TPSA) is 13.1 Å². The Kier molecular flexibility index (Phi) is 3.67. The summed E-state index contributed by atoms with van der Waals surface area (Å²) in [6.45, 7) is 0. The van der Waals surface area contributed by atoms with Crippen LogP contribution in [0.3, 0.4) is 0 Å². The standard InChI is InChI=1S/C42H26O/c1-2-11-27(12-3-1)29-14-10-15-30(25-29)40-33-17-6-8-19-35(33)41(36-20-9-7-18-34(36)40)31-22-24-39-38(26-31)37-23-21-28-13-4-5-16-32(28)42(37)43-39/h1-26H/i1D,2D,3D,10D,11D,12D,14D,15D,25D. The van der Waals surface area contributed by atoms with Crippen LogP contribution >= 0.6 is 0 Å². The Hall–Kier alpha value is -5.66. The maximum Gasteiger partial charge on any atom is 0.143 e. The molecule has 0 aliphatic carbocycles. The Bertz CT molecular complexity index is 2930. The number of furan rings is 1. The molecule has 8 aromatic carbocycles. The first-order valence-electron chi connectivity index (χ1n) is 18.5. The molecule has 0 N–H and O–H groups in total. The predicted octanol–water partition coefficient (Wildman–Crippen LogP) is 12.0. The molecule has 1 heteroatoms. The van der Waals surface area contributed by atoms with Gasteiger partial charge in [0, 0.05) is 16.2 Å². The molecule has 200 valence electrons. The van der Waals surface area contributed by atoms with Crippen molar-refractivity contribution >= 4 is 54.3 Å². The first kappa shape index (κ1) is 16.7. The molecule has 0 spiro atoms. The Labute approximate surface area is 261 Å². The molecule has 0 saturated carbocycles. The van der Waals surface area contributed by atoms with Crippen molar-refractivity contribution in [3.8, 4) is 33.4 Å². The lowest BCUT2D eigenvalue weighted by Gasteiger charge is -2.18. The SMILES string of the molecule is [2H]c1c([2H])c([2H])c(-c2c([2H])c([2H])c([2H])c(-c3c4ccccc4c(-c4ccc5oc6c7ccccc7ccc6c5c4)c4ccccc34)c2[2H])c([2H])c1[2H]. The summed E-state index contributed by atoms with van der Waals surface area (Å²) in [4.78, 5) is 0. The molecule has 0 aliphatic heterocycles. The van der Waals surface area contributed by atoms with Crippen LogP contribution in [0.15, 0.2) is 162 Å². The van der Waals surface area contributed by atoms with Crippen molar-refractivity contribution in [2.75, 3.05) is 0 Å². The van der Waals surface area contributed by atoms with Crippen LogP contribution in [0.1, 0.15) is 12.3 Å². The van der Waals surface area contributed by atoms with Crippen LogP contribution in [0.5, 0.6) is 0 Å². The minimum absolute atomic E-state index is 0.0462. The third-order valence-electron chi connectivity index (χ3n) is 8.21. The lowest BCUT2D eigenvalue weighted by molar-refractivity contribution is 0.672. The van der Waals surface area contributed by atoms with Gasteiger partial charge in [0.05, 0.1) is 12.3 Å². The van der Waals surface area contributed by atoms with Crippen molar-refractivity contribution in [3.63, 3.8) is 0 Å². The number of fused-ring (bicyclic) bond motifs is 7. The van der Waals surface area contributed by atoms with E-state index >= 15 is 0 Å². The van der Waals surface area contributed by atoms with Crippen molar-refractivity contribution in [1.82, 2.24) is 0 Å². The van der Waals surface area contributed by atoms with Crippen LogP contribution in [0, 0.1) is 0 Å². The number of rotatable bonds is 3. The van der Waals surface area contributed by atoms with Crippen LogP contribution in [0.4, 0.5) is 0 Å². The molecule has 0 atom stereocenters. The minimum atomic E-state index is -0.603. The Morgan fingerprint density at radius 1 is 0.419 bits per heavy atom. The van der Waals surface area contributed by atoms with E-state index in [0.717, 1.165) is 54.6 Å². The van der Waals surface area contributed by atoms with Crippen LogP contribution in [0.2, 0.25) is 0 Å². The van der Waals surface area contributed by atoms with Crippen LogP contribution in [-0.4, -0.2) is 0 Å². The molecule has 1 aromatic heterocycles. The molecule has 9 aromatic rings. The van der Waals surface area contributed by atoms with E-state index in [1.165, 1.54) is 0 Å². The second-order valence-corrected chi connectivity index (χ2v) is 10.6. The molecule has 0 unspecified atom stereocenters. The van der Waals surface area contributed by atoms with Gasteiger partial charge >= 0.3 is 0 Å². The van der Waals surface area contributed by atoms with Gasteiger partial charge < -0.3 is 4.42 Å². The van der Waals surface area contributed by atoms with Gasteiger partial charge in [-0.2, -0.15) is 0 Å². The minimum Gasteiger partial charge on any atom is -0.455 e. The summed E-state index contributed by atoms with van der Waals surface area (Å²) in [5.74, 6) is 0. The smallest absolute Gasteiger partial charge is 0.143 e. The average Bonchev–Trinajstić information content (AvgIpc) is 3.55. The fraction of sp³-hybridized carbons (Fsp3) is 0. The molecule has 1 nitrogen and oxygen atoms in total. The van der Waals surface area contributed by atoms with Crippen molar-refractivity contribution in [2.45, 2.75) is 0 Å². The van der Waals surface area contributed by atoms with Crippen molar-refractivity contribution in [1.29, 1.82) is 0 Å². The van der Waals surface area contributed by atoms with E-state index in [1.807, 2.05) is 72.8 Å². The molecule has 0 radical (unpaired) electrons. The van der Waals surface area contributed by atoms with E-state index < -0.39 is 42.3 Å². The van der Waals surface area contributed by atoms with Gasteiger partial charge in [0.15, 0.2) is 0 Å². The lowest BCUT2D eigenvalue weighted by Crippen LogP contribution is -1.91. The monoisotopic (exact) mass is 555 g/mol. The highest BCUT2D eigenvalue weighted by Gasteiger charge is 2.18. The van der Waals surface area contributed by atoms with Crippen LogP contribution in [-0.2, 0) is 0 Å².